The molecular formula is C25H16Cl6F2N2O2. The van der Waals surface area contributed by atoms with E-state index in [9.17, 15) is 18.4 Å². The van der Waals surface area contributed by atoms with Gasteiger partial charge >= 0.3 is 0 Å². The van der Waals surface area contributed by atoms with Crippen LogP contribution in [0.2, 0.25) is 20.1 Å². The number of hydrogen-bond acceptors (Lipinski definition) is 3. The molecular weight excluding hydrogens is 611 g/mol. The van der Waals surface area contributed by atoms with E-state index in [-0.39, 0.29) is 36.9 Å². The molecule has 3 aromatic rings. The highest BCUT2D eigenvalue weighted by atomic mass is 35.5. The van der Waals surface area contributed by atoms with Crippen LogP contribution in [-0.4, -0.2) is 16.0 Å². The van der Waals surface area contributed by atoms with Gasteiger partial charge in [0.25, 0.3) is 0 Å². The van der Waals surface area contributed by atoms with E-state index in [1.54, 1.807) is 13.0 Å². The minimum absolute atomic E-state index is 0.0332. The highest BCUT2D eigenvalue weighted by Crippen LogP contribution is 2.65. The number of hydrogen-bond donors (Lipinski definition) is 2. The van der Waals surface area contributed by atoms with Crippen LogP contribution in [0.1, 0.15) is 33.0 Å². The van der Waals surface area contributed by atoms with E-state index in [2.05, 4.69) is 5.32 Å². The molecule has 1 aliphatic rings. The maximum absolute atomic E-state index is 14.3. The molecule has 4 rings (SSSR count). The number of alkyl halides is 2. The first-order valence-electron chi connectivity index (χ1n) is 10.6. The molecule has 0 radical (unpaired) electrons. The van der Waals surface area contributed by atoms with Crippen molar-refractivity contribution in [2.45, 2.75) is 23.6 Å². The normalized spacial score (nSPS) is 18.0. The second-order valence-corrected chi connectivity index (χ2v) is 11.6. The standard InChI is InChI=1S/C25H16Cl6F2N2O2/c1-9-4-12(8-13(20(9)28)17(36)7-10-2-3-16(32)23(34)22(10)33)35-24(37)19-18(25(19,30)31)11-5-14(26)21(29)15(27)6-11/h2-6,8,18-19H,7,34H2,1H3,(H,35,37)/t18-,19+/m0/s1. The summed E-state index contributed by atoms with van der Waals surface area (Å²) in [5, 5.41) is 3.37. The predicted molar refractivity (Wildman–Crippen MR) is 146 cm³/mol. The number of Topliss-reactive ketones (excluding diaryl/α,β-unsaturated/α-hetero) is 1. The largest absolute Gasteiger partial charge is 0.394 e. The summed E-state index contributed by atoms with van der Waals surface area (Å²) in [6, 6.07) is 8.11. The molecule has 1 fully saturated rings. The van der Waals surface area contributed by atoms with Crippen LogP contribution >= 0.6 is 69.6 Å². The van der Waals surface area contributed by atoms with Crippen LogP contribution in [0.5, 0.6) is 0 Å². The van der Waals surface area contributed by atoms with Crippen molar-refractivity contribution in [3.8, 4) is 0 Å². The maximum atomic E-state index is 14.3. The zero-order valence-corrected chi connectivity index (χ0v) is 23.3. The summed E-state index contributed by atoms with van der Waals surface area (Å²) in [5.74, 6) is -4.51. The Morgan fingerprint density at radius 1 is 1.00 bits per heavy atom. The molecule has 0 aromatic heterocycles. The van der Waals surface area contributed by atoms with Crippen LogP contribution in [-0.2, 0) is 11.2 Å². The van der Waals surface area contributed by atoms with Crippen LogP contribution in [0.15, 0.2) is 36.4 Å². The van der Waals surface area contributed by atoms with Crippen LogP contribution in [0.3, 0.4) is 0 Å². The van der Waals surface area contributed by atoms with E-state index < -0.39 is 51.6 Å². The number of halogens is 8. The number of nitrogens with two attached hydrogens (primary N) is 1. The average molecular weight is 627 g/mol. The Hall–Kier alpha value is -1.80. The third kappa shape index (κ3) is 5.38. The molecule has 1 saturated carbocycles. The fraction of sp³-hybridized carbons (Fsp3) is 0.200. The Bertz CT molecular complexity index is 1440. The van der Waals surface area contributed by atoms with E-state index in [4.69, 9.17) is 75.3 Å². The number of amides is 1. The Balaban J connectivity index is 1.57. The van der Waals surface area contributed by atoms with Crippen molar-refractivity contribution in [3.05, 3.63) is 90.4 Å². The second-order valence-electron chi connectivity index (χ2n) is 8.61. The van der Waals surface area contributed by atoms with Crippen molar-refractivity contribution in [2.24, 2.45) is 5.92 Å². The minimum Gasteiger partial charge on any atom is -0.394 e. The van der Waals surface area contributed by atoms with Gasteiger partial charge in [0.2, 0.25) is 5.91 Å². The molecule has 3 N–H and O–H groups in total. The summed E-state index contributed by atoms with van der Waals surface area (Å²) >= 11 is 37.4. The number of nitrogen functional groups attached to an aromatic ring is 1. The summed E-state index contributed by atoms with van der Waals surface area (Å²) in [4.78, 5) is 26.1. The molecule has 0 bridgehead atoms. The number of carbonyl (C=O) groups is 2. The minimum atomic E-state index is -1.44. The molecule has 0 saturated heterocycles. The molecule has 1 amide bonds. The van der Waals surface area contributed by atoms with E-state index >= 15 is 0 Å². The molecule has 3 aromatic carbocycles. The summed E-state index contributed by atoms with van der Waals surface area (Å²) in [7, 11) is 0. The number of nitrogens with one attached hydrogen (secondary N) is 1. The first-order chi connectivity index (χ1) is 17.2. The van der Waals surface area contributed by atoms with Crippen molar-refractivity contribution < 1.29 is 18.4 Å². The Kier molecular flexibility index (Phi) is 7.93. The zero-order valence-electron chi connectivity index (χ0n) is 18.7. The van der Waals surface area contributed by atoms with Gasteiger partial charge in [-0.1, -0.05) is 52.5 Å². The van der Waals surface area contributed by atoms with E-state index in [1.807, 2.05) is 0 Å². The van der Waals surface area contributed by atoms with Gasteiger partial charge in [0.15, 0.2) is 11.6 Å². The summed E-state index contributed by atoms with van der Waals surface area (Å²) in [6.07, 6.45) is -0.428. The smallest absolute Gasteiger partial charge is 0.231 e. The predicted octanol–water partition coefficient (Wildman–Crippen LogP) is 8.42. The van der Waals surface area contributed by atoms with Crippen molar-refractivity contribution in [2.75, 3.05) is 11.1 Å². The Labute approximate surface area is 240 Å². The van der Waals surface area contributed by atoms with E-state index in [0.29, 0.717) is 11.1 Å². The van der Waals surface area contributed by atoms with Crippen LogP contribution in [0.4, 0.5) is 20.2 Å². The lowest BCUT2D eigenvalue weighted by atomic mass is 9.99. The summed E-state index contributed by atoms with van der Waals surface area (Å²) in [6.45, 7) is 1.64. The highest BCUT2D eigenvalue weighted by molar-refractivity contribution is 6.54. The van der Waals surface area contributed by atoms with Crippen molar-refractivity contribution in [3.63, 3.8) is 0 Å². The summed E-state index contributed by atoms with van der Waals surface area (Å²) in [5.41, 5.74) is 5.91. The molecule has 2 atom stereocenters. The first-order valence-corrected chi connectivity index (χ1v) is 12.9. The lowest BCUT2D eigenvalue weighted by molar-refractivity contribution is -0.117. The van der Waals surface area contributed by atoms with Gasteiger partial charge in [0.05, 0.1) is 26.0 Å². The fourth-order valence-corrected chi connectivity index (χ4v) is 5.76. The van der Waals surface area contributed by atoms with E-state index in [1.165, 1.54) is 18.2 Å². The van der Waals surface area contributed by atoms with Gasteiger partial charge in [0.1, 0.15) is 15.8 Å². The van der Waals surface area contributed by atoms with E-state index in [0.717, 1.165) is 12.1 Å². The van der Waals surface area contributed by atoms with Crippen molar-refractivity contribution >= 4 is 92.7 Å². The second kappa shape index (κ2) is 10.4. The fourth-order valence-electron chi connectivity index (χ4n) is 4.11. The average Bonchev–Trinajstić information content (AvgIpc) is 3.41. The van der Waals surface area contributed by atoms with Gasteiger partial charge in [-0.3, -0.25) is 9.59 Å². The molecule has 37 heavy (non-hydrogen) atoms. The lowest BCUT2D eigenvalue weighted by Crippen LogP contribution is -2.18. The van der Waals surface area contributed by atoms with Crippen molar-refractivity contribution in [1.29, 1.82) is 0 Å². The Morgan fingerprint density at radius 2 is 1.62 bits per heavy atom. The molecule has 0 spiro atoms. The summed E-state index contributed by atoms with van der Waals surface area (Å²) < 4.78 is 26.4. The highest BCUT2D eigenvalue weighted by Gasteiger charge is 2.67. The maximum Gasteiger partial charge on any atom is 0.231 e. The number of aryl methyl sites for hydroxylation is 1. The van der Waals surface area contributed by atoms with Crippen molar-refractivity contribution in [1.82, 2.24) is 0 Å². The Morgan fingerprint density at radius 3 is 2.24 bits per heavy atom. The van der Waals surface area contributed by atoms with Gasteiger partial charge in [-0.25, -0.2) is 8.78 Å². The van der Waals surface area contributed by atoms with Gasteiger partial charge in [0, 0.05) is 23.6 Å². The van der Waals surface area contributed by atoms with Gasteiger partial charge in [-0.2, -0.15) is 0 Å². The number of benzene rings is 3. The quantitative estimate of drug-likeness (QED) is 0.125. The topological polar surface area (TPSA) is 72.2 Å². The molecule has 1 aliphatic carbocycles. The monoisotopic (exact) mass is 624 g/mol. The van der Waals surface area contributed by atoms with Crippen LogP contribution in [0.25, 0.3) is 0 Å². The number of ketones is 1. The number of rotatable bonds is 6. The first kappa shape index (κ1) is 28.2. The molecule has 194 valence electrons. The molecule has 0 aliphatic heterocycles. The zero-order chi connectivity index (χ0) is 27.4. The molecule has 12 heteroatoms. The van der Waals surface area contributed by atoms with Gasteiger partial charge in [-0.15, -0.1) is 23.2 Å². The number of anilines is 2. The van der Waals surface area contributed by atoms with Gasteiger partial charge < -0.3 is 11.1 Å². The number of carbonyl (C=O) groups excluding carboxylic acids is 2. The van der Waals surface area contributed by atoms with Crippen LogP contribution in [0, 0.1) is 24.5 Å². The molecule has 0 heterocycles. The van der Waals surface area contributed by atoms with Gasteiger partial charge in [-0.05, 0) is 53.9 Å². The molecule has 0 unspecified atom stereocenters. The SMILES string of the molecule is Cc1cc(NC(=O)[C@H]2[C@H](c3cc(Cl)c(Cl)c(Cl)c3)C2(Cl)Cl)cc(C(=O)Cc2ccc(F)c(N)c2F)c1Cl. The van der Waals surface area contributed by atoms with Crippen LogP contribution < -0.4 is 11.1 Å². The third-order valence-corrected chi connectivity index (χ3v) is 8.72. The molecule has 4 nitrogen and oxygen atoms in total. The lowest BCUT2D eigenvalue weighted by Gasteiger charge is -2.12. The third-order valence-electron chi connectivity index (χ3n) is 6.08.